The molecular formula is C73H114O6. The van der Waals surface area contributed by atoms with Gasteiger partial charge in [0, 0.05) is 19.3 Å². The van der Waals surface area contributed by atoms with Gasteiger partial charge in [-0.05, 0) is 154 Å². The zero-order valence-electron chi connectivity index (χ0n) is 50.6. The van der Waals surface area contributed by atoms with E-state index in [1.165, 1.54) is 38.5 Å². The SMILES string of the molecule is CC/C=C\C/C=C\C/C=C\C/C=C\C/C=C\C/C=C\C/C=C\CCCCCCCC(=O)OCC(COC(=O)CCCCCCC/C=C\CCCCCC)OC(=O)CCCC/C=C\C/C=C\C/C=C\C/C=C\C/C=C\C/C=C\CC. The third kappa shape index (κ3) is 63.5. The molecule has 0 saturated carbocycles. The molecule has 0 heterocycles. The van der Waals surface area contributed by atoms with Gasteiger partial charge in [-0.3, -0.25) is 14.4 Å². The lowest BCUT2D eigenvalue weighted by molar-refractivity contribution is -0.167. The minimum Gasteiger partial charge on any atom is -0.462 e. The van der Waals surface area contributed by atoms with Gasteiger partial charge in [-0.25, -0.2) is 0 Å². The van der Waals surface area contributed by atoms with Crippen LogP contribution in [-0.4, -0.2) is 37.2 Å². The molecule has 1 unspecified atom stereocenters. The minimum absolute atomic E-state index is 0.114. The first-order valence-corrected chi connectivity index (χ1v) is 31.6. The number of carbonyl (C=O) groups excluding carboxylic acids is 3. The van der Waals surface area contributed by atoms with Crippen LogP contribution >= 0.6 is 0 Å². The van der Waals surface area contributed by atoms with Crippen LogP contribution < -0.4 is 0 Å². The Bertz CT molecular complexity index is 1820. The van der Waals surface area contributed by atoms with E-state index in [9.17, 15) is 14.4 Å². The highest BCUT2D eigenvalue weighted by molar-refractivity contribution is 5.71. The molecule has 0 aliphatic heterocycles. The molecule has 0 aromatic carbocycles. The van der Waals surface area contributed by atoms with E-state index in [0.29, 0.717) is 19.3 Å². The maximum atomic E-state index is 12.9. The summed E-state index contributed by atoms with van der Waals surface area (Å²) in [6.45, 7) is 6.33. The number of hydrogen-bond donors (Lipinski definition) is 0. The number of unbranched alkanes of at least 4 members (excludes halogenated alkanes) is 16. The Hall–Kier alpha value is -5.23. The molecule has 0 saturated heterocycles. The first-order valence-electron chi connectivity index (χ1n) is 31.6. The zero-order valence-corrected chi connectivity index (χ0v) is 50.6. The molecule has 79 heavy (non-hydrogen) atoms. The predicted molar refractivity (Wildman–Crippen MR) is 343 cm³/mol. The largest absolute Gasteiger partial charge is 0.462 e. The number of allylic oxidation sites excluding steroid dienone is 28. The lowest BCUT2D eigenvalue weighted by Gasteiger charge is -2.18. The van der Waals surface area contributed by atoms with Crippen molar-refractivity contribution in [3.8, 4) is 0 Å². The van der Waals surface area contributed by atoms with Crippen LogP contribution in [0.1, 0.15) is 252 Å². The number of esters is 3. The molecule has 6 nitrogen and oxygen atoms in total. The second kappa shape index (κ2) is 65.3. The molecule has 0 bridgehead atoms. The summed E-state index contributed by atoms with van der Waals surface area (Å²) in [5, 5.41) is 0. The molecule has 0 rings (SSSR count). The molecule has 442 valence electrons. The molecule has 1 atom stereocenters. The van der Waals surface area contributed by atoms with Crippen molar-refractivity contribution in [2.24, 2.45) is 0 Å². The standard InChI is InChI=1S/C73H114O6/c1-4-7-10-13-16-19-22-25-27-29-31-33-34-35-36-37-38-40-41-43-45-48-51-54-57-60-63-66-72(75)78-69-70(68-77-71(74)65-62-59-56-53-50-47-24-21-18-15-12-9-6-3)79-73(76)67-64-61-58-55-52-49-46-44-42-39-32-30-28-26-23-20-17-14-11-8-5-2/h7-8,10-11,16-17,19-21,24-28,31-33,35-36,38-40,43-46,52,55,70H,4-6,9,12-15,18,22-23,29-30,34,37,41-42,47-51,53-54,56-69H2,1-3H3/b10-7-,11-8-,19-16-,20-17-,24-21-,27-25-,28-26-,33-31-,36-35-,39-32-,40-38-,45-43-,46-44-,55-52-. The molecule has 0 aromatic heterocycles. The van der Waals surface area contributed by atoms with Crippen LogP contribution in [0.2, 0.25) is 0 Å². The van der Waals surface area contributed by atoms with Gasteiger partial charge in [0.1, 0.15) is 13.2 Å². The summed E-state index contributed by atoms with van der Waals surface area (Å²) in [6, 6.07) is 0. The maximum Gasteiger partial charge on any atom is 0.306 e. The van der Waals surface area contributed by atoms with Gasteiger partial charge in [-0.1, -0.05) is 249 Å². The Morgan fingerprint density at radius 1 is 0.266 bits per heavy atom. The van der Waals surface area contributed by atoms with Crippen molar-refractivity contribution < 1.29 is 28.6 Å². The van der Waals surface area contributed by atoms with E-state index in [4.69, 9.17) is 14.2 Å². The van der Waals surface area contributed by atoms with Crippen LogP contribution in [0.15, 0.2) is 170 Å². The highest BCUT2D eigenvalue weighted by Crippen LogP contribution is 2.13. The summed E-state index contributed by atoms with van der Waals surface area (Å²) >= 11 is 0. The molecular weight excluding hydrogens is 973 g/mol. The van der Waals surface area contributed by atoms with Gasteiger partial charge in [0.05, 0.1) is 0 Å². The van der Waals surface area contributed by atoms with Crippen LogP contribution in [0.4, 0.5) is 0 Å². The van der Waals surface area contributed by atoms with Crippen molar-refractivity contribution in [3.05, 3.63) is 170 Å². The van der Waals surface area contributed by atoms with Gasteiger partial charge >= 0.3 is 17.9 Å². The maximum absolute atomic E-state index is 12.9. The monoisotopic (exact) mass is 1090 g/mol. The van der Waals surface area contributed by atoms with Crippen LogP contribution in [0.5, 0.6) is 0 Å². The Balaban J connectivity index is 4.50. The van der Waals surface area contributed by atoms with Crippen LogP contribution in [0.3, 0.4) is 0 Å². The first-order chi connectivity index (χ1) is 39.0. The van der Waals surface area contributed by atoms with Crippen LogP contribution in [-0.2, 0) is 28.6 Å². The van der Waals surface area contributed by atoms with Crippen molar-refractivity contribution >= 4 is 17.9 Å². The summed E-state index contributed by atoms with van der Waals surface area (Å²) in [6.07, 6.45) is 96.4. The second-order valence-corrected chi connectivity index (χ2v) is 20.2. The first kappa shape index (κ1) is 73.8. The molecule has 0 radical (unpaired) electrons. The van der Waals surface area contributed by atoms with Gasteiger partial charge in [0.2, 0.25) is 0 Å². The van der Waals surface area contributed by atoms with Crippen molar-refractivity contribution in [3.63, 3.8) is 0 Å². The van der Waals surface area contributed by atoms with E-state index in [1.54, 1.807) is 0 Å². The molecule has 0 aromatic rings. The normalized spacial score (nSPS) is 13.3. The van der Waals surface area contributed by atoms with Gasteiger partial charge < -0.3 is 14.2 Å². The summed E-state index contributed by atoms with van der Waals surface area (Å²) in [7, 11) is 0. The van der Waals surface area contributed by atoms with Crippen molar-refractivity contribution in [1.82, 2.24) is 0 Å². The average Bonchev–Trinajstić information content (AvgIpc) is 3.45. The smallest absolute Gasteiger partial charge is 0.306 e. The molecule has 0 fully saturated rings. The fourth-order valence-corrected chi connectivity index (χ4v) is 8.01. The fourth-order valence-electron chi connectivity index (χ4n) is 8.01. The zero-order chi connectivity index (χ0) is 57.1. The van der Waals surface area contributed by atoms with Crippen molar-refractivity contribution in [2.45, 2.75) is 258 Å². The van der Waals surface area contributed by atoms with Gasteiger partial charge in [-0.15, -0.1) is 0 Å². The van der Waals surface area contributed by atoms with E-state index >= 15 is 0 Å². The van der Waals surface area contributed by atoms with Gasteiger partial charge in [0.15, 0.2) is 6.10 Å². The number of ether oxygens (including phenoxy) is 3. The highest BCUT2D eigenvalue weighted by Gasteiger charge is 2.19. The minimum atomic E-state index is -0.823. The summed E-state index contributed by atoms with van der Waals surface area (Å²) in [5.74, 6) is -0.992. The lowest BCUT2D eigenvalue weighted by atomic mass is 10.1. The molecule has 0 aliphatic carbocycles. The molecule has 0 aliphatic rings. The van der Waals surface area contributed by atoms with E-state index in [0.717, 1.165) is 167 Å². The second-order valence-electron chi connectivity index (χ2n) is 20.2. The Labute approximate surface area is 485 Å². The number of rotatable bonds is 55. The fraction of sp³-hybridized carbons (Fsp3) is 0.575. The van der Waals surface area contributed by atoms with E-state index in [1.807, 2.05) is 0 Å². The topological polar surface area (TPSA) is 78.9 Å². The van der Waals surface area contributed by atoms with E-state index in [-0.39, 0.29) is 37.5 Å². The third-order valence-corrected chi connectivity index (χ3v) is 12.7. The predicted octanol–water partition coefficient (Wildman–Crippen LogP) is 21.9. The average molecular weight is 1090 g/mol. The third-order valence-electron chi connectivity index (χ3n) is 12.7. The molecule has 0 spiro atoms. The Kier molecular flexibility index (Phi) is 61.0. The molecule has 0 N–H and O–H groups in total. The lowest BCUT2D eigenvalue weighted by Crippen LogP contribution is -2.30. The van der Waals surface area contributed by atoms with Crippen molar-refractivity contribution in [1.29, 1.82) is 0 Å². The van der Waals surface area contributed by atoms with Gasteiger partial charge in [0.25, 0.3) is 0 Å². The Morgan fingerprint density at radius 3 is 0.810 bits per heavy atom. The van der Waals surface area contributed by atoms with E-state index < -0.39 is 6.10 Å². The highest BCUT2D eigenvalue weighted by atomic mass is 16.6. The van der Waals surface area contributed by atoms with Crippen LogP contribution in [0.25, 0.3) is 0 Å². The summed E-state index contributed by atoms with van der Waals surface area (Å²) in [5.41, 5.74) is 0. The van der Waals surface area contributed by atoms with Crippen LogP contribution in [0, 0.1) is 0 Å². The Morgan fingerprint density at radius 2 is 0.494 bits per heavy atom. The molecule has 6 heteroatoms. The van der Waals surface area contributed by atoms with E-state index in [2.05, 4.69) is 191 Å². The summed E-state index contributed by atoms with van der Waals surface area (Å²) in [4.78, 5) is 38.3. The quantitative estimate of drug-likeness (QED) is 0.0261. The number of hydrogen-bond acceptors (Lipinski definition) is 6. The van der Waals surface area contributed by atoms with Crippen molar-refractivity contribution in [2.75, 3.05) is 13.2 Å². The van der Waals surface area contributed by atoms with Gasteiger partial charge in [-0.2, -0.15) is 0 Å². The number of carbonyl (C=O) groups is 3. The molecule has 0 amide bonds. The summed E-state index contributed by atoms with van der Waals surface area (Å²) < 4.78 is 16.8.